The molecule has 0 aliphatic rings. The number of methoxy groups -OCH3 is 2. The number of ether oxygens (including phenoxy) is 2. The van der Waals surface area contributed by atoms with Crippen LogP contribution in [0.25, 0.3) is 11.1 Å². The molecule has 3 aromatic carbocycles. The number of carboxylic acid groups (broad SMARTS) is 1. The number of para-hydroxylation sites is 1. The smallest absolute Gasteiger partial charge is 0.309 e. The zero-order chi connectivity index (χ0) is 25.6. The summed E-state index contributed by atoms with van der Waals surface area (Å²) in [5.74, 6) is -0.294. The number of nitrogens with one attached hydrogen (secondary N) is 1. The Kier molecular flexibility index (Phi) is 7.91. The summed E-state index contributed by atoms with van der Waals surface area (Å²) < 4.78 is 10.7. The van der Waals surface area contributed by atoms with Crippen LogP contribution in [0.4, 0.5) is 5.69 Å². The predicted molar refractivity (Wildman–Crippen MR) is 134 cm³/mol. The first-order valence-corrected chi connectivity index (χ1v) is 11.1. The van der Waals surface area contributed by atoms with Crippen LogP contribution >= 0.6 is 0 Å². The molecule has 35 heavy (non-hydrogen) atoms. The third kappa shape index (κ3) is 6.26. The van der Waals surface area contributed by atoms with Crippen LogP contribution in [0.1, 0.15) is 36.2 Å². The van der Waals surface area contributed by atoms with E-state index < -0.39 is 11.4 Å². The second-order valence-electron chi connectivity index (χ2n) is 8.82. The summed E-state index contributed by atoms with van der Waals surface area (Å²) in [6, 6.07) is 19.8. The Balaban J connectivity index is 1.65. The molecule has 0 saturated carbocycles. The minimum absolute atomic E-state index is 0.0717. The van der Waals surface area contributed by atoms with Gasteiger partial charge in [0.15, 0.2) is 17.3 Å². The number of aliphatic carboxylic acids is 1. The van der Waals surface area contributed by atoms with E-state index in [9.17, 15) is 19.5 Å². The first kappa shape index (κ1) is 25.5. The molecule has 0 fully saturated rings. The average Bonchev–Trinajstić information content (AvgIpc) is 2.84. The van der Waals surface area contributed by atoms with Crippen LogP contribution in [-0.4, -0.2) is 37.0 Å². The molecule has 182 valence electrons. The number of Topliss-reactive ketones (excluding diaryl/α,β-unsaturated/α-hetero) is 1. The predicted octanol–water partition coefficient (Wildman–Crippen LogP) is 5.24. The van der Waals surface area contributed by atoms with Crippen molar-refractivity contribution in [1.82, 2.24) is 0 Å². The lowest BCUT2D eigenvalue weighted by Gasteiger charge is -2.17. The maximum atomic E-state index is 12.6. The molecule has 0 atom stereocenters. The quantitative estimate of drug-likeness (QED) is 0.389. The second kappa shape index (κ2) is 10.9. The molecular weight excluding hydrogens is 446 g/mol. The first-order valence-electron chi connectivity index (χ1n) is 11.1. The Bertz CT molecular complexity index is 1210. The topological polar surface area (TPSA) is 102 Å². The number of anilines is 1. The van der Waals surface area contributed by atoms with Gasteiger partial charge in [-0.05, 0) is 43.2 Å². The second-order valence-corrected chi connectivity index (χ2v) is 8.82. The Morgan fingerprint density at radius 1 is 0.857 bits per heavy atom. The Morgan fingerprint density at radius 3 is 2.00 bits per heavy atom. The van der Waals surface area contributed by atoms with E-state index in [4.69, 9.17) is 9.47 Å². The van der Waals surface area contributed by atoms with Gasteiger partial charge in [0.25, 0.3) is 0 Å². The number of amides is 1. The maximum Gasteiger partial charge on any atom is 0.309 e. The van der Waals surface area contributed by atoms with Crippen LogP contribution in [0, 0.1) is 5.41 Å². The normalized spacial score (nSPS) is 11.0. The molecule has 2 N–H and O–H groups in total. The van der Waals surface area contributed by atoms with E-state index in [1.165, 1.54) is 21.0 Å². The van der Waals surface area contributed by atoms with Crippen molar-refractivity contribution in [2.75, 3.05) is 19.5 Å². The van der Waals surface area contributed by atoms with Crippen LogP contribution < -0.4 is 14.8 Å². The molecule has 7 heteroatoms. The summed E-state index contributed by atoms with van der Waals surface area (Å²) in [6.07, 6.45) is 0.0635. The van der Waals surface area contributed by atoms with Gasteiger partial charge in [-0.15, -0.1) is 0 Å². The fourth-order valence-corrected chi connectivity index (χ4v) is 3.64. The van der Waals surface area contributed by atoms with Crippen LogP contribution in [0.15, 0.2) is 66.7 Å². The Morgan fingerprint density at radius 2 is 1.46 bits per heavy atom. The highest BCUT2D eigenvalue weighted by atomic mass is 16.5. The van der Waals surface area contributed by atoms with Gasteiger partial charge in [0.2, 0.25) is 5.91 Å². The van der Waals surface area contributed by atoms with Gasteiger partial charge in [0, 0.05) is 23.2 Å². The van der Waals surface area contributed by atoms with E-state index in [0.29, 0.717) is 22.7 Å². The standard InChI is InChI=1S/C28H29NO6/c1-28(2,27(32)33)17-23(30)20-10-8-18(9-11-20)19-12-14-22(15-13-19)29-25(31)16-21-6-5-7-24(34-3)26(21)35-4/h5-15H,16-17H2,1-4H3,(H,29,31)(H,32,33). The van der Waals surface area contributed by atoms with E-state index in [1.807, 2.05) is 48.5 Å². The van der Waals surface area contributed by atoms with E-state index in [2.05, 4.69) is 5.32 Å². The van der Waals surface area contributed by atoms with Crippen molar-refractivity contribution >= 4 is 23.3 Å². The SMILES string of the molecule is COc1cccc(CC(=O)Nc2ccc(-c3ccc(C(=O)CC(C)(C)C(=O)O)cc3)cc2)c1OC. The van der Waals surface area contributed by atoms with Gasteiger partial charge < -0.3 is 19.9 Å². The summed E-state index contributed by atoms with van der Waals surface area (Å²) in [6.45, 7) is 3.07. The van der Waals surface area contributed by atoms with Gasteiger partial charge in [-0.3, -0.25) is 14.4 Å². The fraction of sp³-hybridized carbons (Fsp3) is 0.250. The van der Waals surface area contributed by atoms with Crippen molar-refractivity contribution in [3.63, 3.8) is 0 Å². The molecule has 3 rings (SSSR count). The number of carbonyl (C=O) groups excluding carboxylic acids is 2. The molecule has 3 aromatic rings. The number of ketones is 1. The number of benzene rings is 3. The lowest BCUT2D eigenvalue weighted by atomic mass is 9.85. The number of carboxylic acids is 1. The van der Waals surface area contributed by atoms with Gasteiger partial charge in [0.05, 0.1) is 26.1 Å². The molecular formula is C28H29NO6. The molecule has 0 bridgehead atoms. The Labute approximate surface area is 204 Å². The average molecular weight is 476 g/mol. The van der Waals surface area contributed by atoms with E-state index >= 15 is 0 Å². The minimum Gasteiger partial charge on any atom is -0.493 e. The summed E-state index contributed by atoms with van der Waals surface area (Å²) in [5, 5.41) is 12.1. The maximum absolute atomic E-state index is 12.6. The van der Waals surface area contributed by atoms with E-state index in [0.717, 1.165) is 16.7 Å². The minimum atomic E-state index is -1.12. The van der Waals surface area contributed by atoms with E-state index in [1.54, 1.807) is 25.3 Å². The molecule has 0 spiro atoms. The van der Waals surface area contributed by atoms with Crippen molar-refractivity contribution < 1.29 is 29.0 Å². The fourth-order valence-electron chi connectivity index (χ4n) is 3.64. The lowest BCUT2D eigenvalue weighted by Crippen LogP contribution is -2.26. The van der Waals surface area contributed by atoms with Gasteiger partial charge in [-0.25, -0.2) is 0 Å². The summed E-state index contributed by atoms with van der Waals surface area (Å²) >= 11 is 0. The van der Waals surface area contributed by atoms with Crippen LogP contribution in [0.5, 0.6) is 11.5 Å². The van der Waals surface area contributed by atoms with Crippen molar-refractivity contribution in [3.8, 4) is 22.6 Å². The van der Waals surface area contributed by atoms with Crippen LogP contribution in [0.3, 0.4) is 0 Å². The monoisotopic (exact) mass is 475 g/mol. The number of hydrogen-bond donors (Lipinski definition) is 2. The molecule has 0 saturated heterocycles. The van der Waals surface area contributed by atoms with Crippen LogP contribution in [0.2, 0.25) is 0 Å². The van der Waals surface area contributed by atoms with Crippen molar-refractivity contribution in [2.45, 2.75) is 26.7 Å². The molecule has 7 nitrogen and oxygen atoms in total. The van der Waals surface area contributed by atoms with Gasteiger partial charge in [0.1, 0.15) is 0 Å². The summed E-state index contributed by atoms with van der Waals surface area (Å²) in [4.78, 5) is 36.3. The van der Waals surface area contributed by atoms with Crippen molar-refractivity contribution in [1.29, 1.82) is 0 Å². The van der Waals surface area contributed by atoms with Gasteiger partial charge in [-0.2, -0.15) is 0 Å². The highest BCUT2D eigenvalue weighted by molar-refractivity contribution is 5.99. The Hall–Kier alpha value is -4.13. The number of rotatable bonds is 10. The number of hydrogen-bond acceptors (Lipinski definition) is 5. The molecule has 0 heterocycles. The zero-order valence-electron chi connectivity index (χ0n) is 20.3. The molecule has 0 aromatic heterocycles. The van der Waals surface area contributed by atoms with Gasteiger partial charge >= 0.3 is 5.97 Å². The zero-order valence-corrected chi connectivity index (χ0v) is 20.3. The molecule has 0 aliphatic carbocycles. The largest absolute Gasteiger partial charge is 0.493 e. The molecule has 1 amide bonds. The third-order valence-corrected chi connectivity index (χ3v) is 5.73. The molecule has 0 aliphatic heterocycles. The summed E-state index contributed by atoms with van der Waals surface area (Å²) in [5.41, 5.74) is 2.55. The third-order valence-electron chi connectivity index (χ3n) is 5.73. The first-order chi connectivity index (χ1) is 16.6. The van der Waals surface area contributed by atoms with E-state index in [-0.39, 0.29) is 24.5 Å². The van der Waals surface area contributed by atoms with Gasteiger partial charge in [-0.1, -0.05) is 48.5 Å². The van der Waals surface area contributed by atoms with Crippen molar-refractivity contribution in [3.05, 3.63) is 77.9 Å². The molecule has 0 radical (unpaired) electrons. The van der Waals surface area contributed by atoms with Crippen LogP contribution in [-0.2, 0) is 16.0 Å². The van der Waals surface area contributed by atoms with Crippen molar-refractivity contribution in [2.24, 2.45) is 5.41 Å². The lowest BCUT2D eigenvalue weighted by molar-refractivity contribution is -0.146. The molecule has 0 unspecified atom stereocenters. The number of carbonyl (C=O) groups is 3. The summed E-state index contributed by atoms with van der Waals surface area (Å²) in [7, 11) is 3.09. The highest BCUT2D eigenvalue weighted by Gasteiger charge is 2.30. The highest BCUT2D eigenvalue weighted by Crippen LogP contribution is 2.31.